The Kier molecular flexibility index (Phi) is 14.9. The van der Waals surface area contributed by atoms with Crippen molar-refractivity contribution in [3.8, 4) is 0 Å². The van der Waals surface area contributed by atoms with E-state index in [-0.39, 0.29) is 18.0 Å². The third-order valence-corrected chi connectivity index (χ3v) is 13.7. The maximum Gasteiger partial charge on any atom is 0.315 e. The summed E-state index contributed by atoms with van der Waals surface area (Å²) in [5, 5.41) is 27.4. The van der Waals surface area contributed by atoms with Crippen LogP contribution in [-0.4, -0.2) is 69.8 Å². The van der Waals surface area contributed by atoms with Crippen molar-refractivity contribution in [3.63, 3.8) is 0 Å². The van der Waals surface area contributed by atoms with Gasteiger partial charge in [0.25, 0.3) is 0 Å². The van der Waals surface area contributed by atoms with Crippen LogP contribution in [0.15, 0.2) is 35.5 Å². The van der Waals surface area contributed by atoms with Crippen molar-refractivity contribution in [1.82, 2.24) is 10.6 Å². The minimum Gasteiger partial charge on any atom is -0.390 e. The molecule has 3 saturated carbocycles. The molecule has 0 bridgehead atoms. The Balaban J connectivity index is 0.000000291. The van der Waals surface area contributed by atoms with Crippen LogP contribution in [0.5, 0.6) is 0 Å². The Bertz CT molecular complexity index is 1230. The Hall–Kier alpha value is -1.85. The number of nitrogens with one attached hydrogen (secondary N) is 2. The Morgan fingerprint density at radius 1 is 1.16 bits per heavy atom. The standard InChI is InChI=1S/C30H51NO3.C10H17N3O2S/c1-22-15-18-30(33,34-20-8-19-31)21-25(22)12-11-24-10-7-17-29(5)26(13-14-27(24)29)23(2)9-6-16-28(3,4)32;11-8(14)4-2-1-3-7-9-6(5-16-7)12-10(15)13-9/h11-12,23,26-27,32-33H,1,6-10,13-21,31H2,2-5H3;6-7,9H,1-5H2,(H2,11,14)(H2,12,13,15)/b24-11?,25-12-;/t23-,26-,27?,29-,30-;6-,7-,9-/m10/s1. The molecule has 2 saturated heterocycles. The van der Waals surface area contributed by atoms with Crippen molar-refractivity contribution >= 4 is 23.7 Å². The molecule has 0 spiro atoms. The molecule has 2 heterocycles. The molecule has 3 amide bonds. The van der Waals surface area contributed by atoms with Crippen LogP contribution in [0.3, 0.4) is 0 Å². The lowest BCUT2D eigenvalue weighted by Gasteiger charge is -2.44. The maximum absolute atomic E-state index is 11.1. The van der Waals surface area contributed by atoms with Crippen LogP contribution in [0.1, 0.15) is 130 Å². The quantitative estimate of drug-likeness (QED) is 0.0631. The molecular formula is C40H68N4O5S. The van der Waals surface area contributed by atoms with Gasteiger partial charge in [-0.1, -0.05) is 63.0 Å². The van der Waals surface area contributed by atoms with E-state index in [0.29, 0.717) is 61.0 Å². The topological polar surface area (TPSA) is 160 Å². The number of hydrogen-bond acceptors (Lipinski definition) is 7. The number of amides is 3. The van der Waals surface area contributed by atoms with E-state index >= 15 is 0 Å². The van der Waals surface area contributed by atoms with E-state index in [1.165, 1.54) is 38.5 Å². The number of thioether (sulfide) groups is 1. The number of primary amides is 1. The second-order valence-electron chi connectivity index (χ2n) is 16.8. The molecule has 2 aliphatic heterocycles. The van der Waals surface area contributed by atoms with Gasteiger partial charge in [0.15, 0.2) is 5.79 Å². The second kappa shape index (κ2) is 18.3. The van der Waals surface area contributed by atoms with E-state index in [9.17, 15) is 19.8 Å². The summed E-state index contributed by atoms with van der Waals surface area (Å²) in [4.78, 5) is 21.7. The van der Waals surface area contributed by atoms with Crippen molar-refractivity contribution in [2.45, 2.75) is 159 Å². The van der Waals surface area contributed by atoms with Gasteiger partial charge in [-0.3, -0.25) is 4.79 Å². The zero-order chi connectivity index (χ0) is 36.5. The Morgan fingerprint density at radius 2 is 1.94 bits per heavy atom. The molecule has 50 heavy (non-hydrogen) atoms. The summed E-state index contributed by atoms with van der Waals surface area (Å²) in [6, 6.07) is 0.516. The summed E-state index contributed by atoms with van der Waals surface area (Å²) >= 11 is 1.90. The largest absolute Gasteiger partial charge is 0.390 e. The van der Waals surface area contributed by atoms with Crippen molar-refractivity contribution in [1.29, 1.82) is 0 Å². The first-order valence-corrected chi connectivity index (χ1v) is 20.5. The molecule has 0 radical (unpaired) electrons. The summed E-state index contributed by atoms with van der Waals surface area (Å²) in [5.74, 6) is 1.81. The zero-order valence-corrected chi connectivity index (χ0v) is 32.3. The van der Waals surface area contributed by atoms with E-state index in [1.807, 2.05) is 25.6 Å². The smallest absolute Gasteiger partial charge is 0.315 e. The van der Waals surface area contributed by atoms with E-state index in [2.05, 4.69) is 43.2 Å². The van der Waals surface area contributed by atoms with Crippen LogP contribution in [0.4, 0.5) is 4.79 Å². The minimum absolute atomic E-state index is 0.0440. The molecule has 8 N–H and O–H groups in total. The van der Waals surface area contributed by atoms with Gasteiger partial charge in [-0.05, 0) is 113 Å². The normalized spacial score (nSPS) is 34.5. The predicted octanol–water partition coefficient (Wildman–Crippen LogP) is 6.62. The molecular weight excluding hydrogens is 649 g/mol. The first-order chi connectivity index (χ1) is 23.6. The molecule has 5 rings (SSSR count). The van der Waals surface area contributed by atoms with Gasteiger partial charge in [0, 0.05) is 30.3 Å². The number of carbonyl (C=O) groups excluding carboxylic acids is 2. The summed E-state index contributed by atoms with van der Waals surface area (Å²) in [6.07, 6.45) is 20.2. The molecule has 5 aliphatic rings. The van der Waals surface area contributed by atoms with Crippen LogP contribution in [0.2, 0.25) is 0 Å². The molecule has 3 aliphatic carbocycles. The number of urea groups is 1. The lowest BCUT2D eigenvalue weighted by molar-refractivity contribution is -0.209. The molecule has 0 aromatic rings. The van der Waals surface area contributed by atoms with E-state index in [4.69, 9.17) is 16.2 Å². The monoisotopic (exact) mass is 716 g/mol. The van der Waals surface area contributed by atoms with Crippen molar-refractivity contribution in [2.75, 3.05) is 18.9 Å². The third-order valence-electron chi connectivity index (χ3n) is 12.2. The van der Waals surface area contributed by atoms with Crippen LogP contribution in [0, 0.1) is 23.2 Å². The third kappa shape index (κ3) is 11.3. The molecule has 284 valence electrons. The maximum atomic E-state index is 11.1. The minimum atomic E-state index is -1.08. The van der Waals surface area contributed by atoms with Gasteiger partial charge < -0.3 is 37.1 Å². The lowest BCUT2D eigenvalue weighted by Crippen LogP contribution is -2.37. The SMILES string of the molecule is C=C1CC[C@@](O)(OCCCN)C/C1=C/C=C1CCC[C@@]2(C)C1CC[C@@H]2[C@H](C)CCCC(C)(C)O.NC(=O)CCCC[C@@H]1SC[C@@H]2NC(=O)N[C@@H]21. The van der Waals surface area contributed by atoms with Gasteiger partial charge in [-0.25, -0.2) is 4.79 Å². The highest BCUT2D eigenvalue weighted by Crippen LogP contribution is 2.60. The molecule has 10 heteroatoms. The fourth-order valence-electron chi connectivity index (χ4n) is 9.43. The average molecular weight is 717 g/mol. The highest BCUT2D eigenvalue weighted by molar-refractivity contribution is 8.00. The number of aliphatic hydroxyl groups is 2. The van der Waals surface area contributed by atoms with E-state index in [1.54, 1.807) is 5.57 Å². The average Bonchev–Trinajstić information content (AvgIpc) is 3.71. The van der Waals surface area contributed by atoms with Crippen LogP contribution < -0.4 is 22.1 Å². The van der Waals surface area contributed by atoms with Crippen molar-refractivity contribution in [3.05, 3.63) is 35.5 Å². The molecule has 9 nitrogen and oxygen atoms in total. The van der Waals surface area contributed by atoms with Gasteiger partial charge in [0.2, 0.25) is 5.91 Å². The number of rotatable bonds is 15. The summed E-state index contributed by atoms with van der Waals surface area (Å²) in [5.41, 5.74) is 14.4. The van der Waals surface area contributed by atoms with E-state index in [0.717, 1.165) is 67.8 Å². The number of unbranched alkanes of at least 4 members (excludes halogenated alkanes) is 1. The lowest BCUT2D eigenvalue weighted by atomic mass is 9.60. The first kappa shape index (κ1) is 40.9. The van der Waals surface area contributed by atoms with Gasteiger partial charge in [0.05, 0.1) is 24.3 Å². The summed E-state index contributed by atoms with van der Waals surface area (Å²) < 4.78 is 5.82. The molecule has 0 aromatic heterocycles. The number of allylic oxidation sites excluding steroid dienone is 4. The Labute approximate surface area is 306 Å². The summed E-state index contributed by atoms with van der Waals surface area (Å²) in [7, 11) is 0. The van der Waals surface area contributed by atoms with Crippen LogP contribution in [-0.2, 0) is 9.53 Å². The van der Waals surface area contributed by atoms with E-state index < -0.39 is 11.4 Å². The zero-order valence-electron chi connectivity index (χ0n) is 31.4. The fraction of sp³-hybridized carbons (Fsp3) is 0.800. The summed E-state index contributed by atoms with van der Waals surface area (Å²) in [6.45, 7) is 14.2. The number of ether oxygens (including phenoxy) is 1. The van der Waals surface area contributed by atoms with Crippen LogP contribution >= 0.6 is 11.8 Å². The highest BCUT2D eigenvalue weighted by atomic mass is 32.2. The molecule has 5 fully saturated rings. The number of carbonyl (C=O) groups is 2. The van der Waals surface area contributed by atoms with Gasteiger partial charge in [-0.2, -0.15) is 11.8 Å². The number of nitrogens with two attached hydrogens (primary N) is 2. The molecule has 0 aromatic carbocycles. The highest BCUT2D eigenvalue weighted by Gasteiger charge is 2.50. The van der Waals surface area contributed by atoms with Crippen molar-refractivity contribution in [2.24, 2.45) is 34.6 Å². The molecule has 1 unspecified atom stereocenters. The first-order valence-electron chi connectivity index (χ1n) is 19.5. The van der Waals surface area contributed by atoms with Crippen molar-refractivity contribution < 1.29 is 24.5 Å². The van der Waals surface area contributed by atoms with Gasteiger partial charge >= 0.3 is 6.03 Å². The predicted molar refractivity (Wildman–Crippen MR) is 204 cm³/mol. The Morgan fingerprint density at radius 3 is 2.66 bits per heavy atom. The van der Waals surface area contributed by atoms with Gasteiger partial charge in [0.1, 0.15) is 0 Å². The van der Waals surface area contributed by atoms with Crippen LogP contribution in [0.25, 0.3) is 0 Å². The number of hydrogen-bond donors (Lipinski definition) is 6. The number of fused-ring (bicyclic) bond motifs is 2. The second-order valence-corrected chi connectivity index (χ2v) is 18.0. The fourth-order valence-corrected chi connectivity index (χ4v) is 11.0. The van der Waals surface area contributed by atoms with Gasteiger partial charge in [-0.15, -0.1) is 0 Å². The molecule has 8 atom stereocenters.